The zero-order valence-corrected chi connectivity index (χ0v) is 36.7. The van der Waals surface area contributed by atoms with Gasteiger partial charge in [0.05, 0.1) is 11.4 Å². The van der Waals surface area contributed by atoms with Gasteiger partial charge in [0, 0.05) is 5.56 Å². The molecule has 0 fully saturated rings. The monoisotopic (exact) mass is 829 g/mol. The lowest BCUT2D eigenvalue weighted by Gasteiger charge is -2.15. The van der Waals surface area contributed by atoms with E-state index in [4.69, 9.17) is 4.99 Å². The summed E-state index contributed by atoms with van der Waals surface area (Å²) in [6.45, 7) is 9.05. The van der Waals surface area contributed by atoms with Gasteiger partial charge in [0.25, 0.3) is 0 Å². The van der Waals surface area contributed by atoms with Gasteiger partial charge in [0.1, 0.15) is 0 Å². The maximum absolute atomic E-state index is 5.43. The smallest absolute Gasteiger partial charge is 0.0718 e. The Hall–Kier alpha value is -8.13. The van der Waals surface area contributed by atoms with Crippen LogP contribution >= 0.6 is 0 Å². The van der Waals surface area contributed by atoms with Gasteiger partial charge in [-0.1, -0.05) is 213 Å². The quantitative estimate of drug-likeness (QED) is 0.102. The van der Waals surface area contributed by atoms with E-state index in [1.807, 2.05) is 0 Å². The molecular formula is C64H47N. The molecule has 1 heteroatoms. The third-order valence-electron chi connectivity index (χ3n) is 13.3. The zero-order chi connectivity index (χ0) is 43.9. The molecule has 1 nitrogen and oxygen atoms in total. The van der Waals surface area contributed by atoms with Crippen molar-refractivity contribution in [3.05, 3.63) is 264 Å². The number of hydrogen-bond donors (Lipinski definition) is 0. The average molecular weight is 830 g/mol. The van der Waals surface area contributed by atoms with Gasteiger partial charge in [-0.15, -0.1) is 0 Å². The molecule has 0 bridgehead atoms. The van der Waals surface area contributed by atoms with E-state index >= 15 is 0 Å². The summed E-state index contributed by atoms with van der Waals surface area (Å²) in [6, 6.07) is 79.1. The predicted molar refractivity (Wildman–Crippen MR) is 281 cm³/mol. The lowest BCUT2D eigenvalue weighted by Crippen LogP contribution is -2.01. The molecule has 11 aromatic carbocycles. The van der Waals surface area contributed by atoms with E-state index in [0.29, 0.717) is 5.70 Å². The molecule has 0 saturated heterocycles. The average Bonchev–Trinajstić information content (AvgIpc) is 3.36. The Morgan fingerprint density at radius 2 is 0.938 bits per heavy atom. The van der Waals surface area contributed by atoms with Crippen molar-refractivity contribution < 1.29 is 0 Å². The second-order valence-corrected chi connectivity index (χ2v) is 17.2. The van der Waals surface area contributed by atoms with Crippen molar-refractivity contribution in [1.29, 1.82) is 0 Å². The van der Waals surface area contributed by atoms with Crippen LogP contribution in [0.25, 0.3) is 87.4 Å². The molecule has 0 heterocycles. The van der Waals surface area contributed by atoms with Gasteiger partial charge in [-0.05, 0) is 148 Å². The van der Waals surface area contributed by atoms with E-state index in [1.165, 1.54) is 87.4 Å². The number of hydrogen-bond acceptors (Lipinski definition) is 1. The maximum Gasteiger partial charge on any atom is 0.0718 e. The number of rotatable bonds is 9. The van der Waals surface area contributed by atoms with Crippen LogP contribution in [-0.2, 0) is 6.42 Å². The van der Waals surface area contributed by atoms with Crippen molar-refractivity contribution in [3.8, 4) is 22.3 Å². The summed E-state index contributed by atoms with van der Waals surface area (Å²) < 4.78 is 0. The molecule has 65 heavy (non-hydrogen) atoms. The van der Waals surface area contributed by atoms with E-state index < -0.39 is 0 Å². The molecule has 0 aliphatic carbocycles. The molecule has 11 aromatic rings. The third-order valence-corrected chi connectivity index (χ3v) is 13.3. The number of fused-ring (bicyclic) bond motifs is 7. The summed E-state index contributed by atoms with van der Waals surface area (Å²) in [5.74, 6) is 0. The van der Waals surface area contributed by atoms with E-state index in [1.54, 1.807) is 0 Å². The van der Waals surface area contributed by atoms with Crippen LogP contribution in [0.4, 0.5) is 0 Å². The summed E-state index contributed by atoms with van der Waals surface area (Å²) in [6.07, 6.45) is 3.12. The Balaban J connectivity index is 0.925. The molecule has 0 unspecified atom stereocenters. The van der Waals surface area contributed by atoms with Crippen molar-refractivity contribution >= 4 is 70.8 Å². The molecule has 0 saturated carbocycles. The third kappa shape index (κ3) is 7.52. The fourth-order valence-electron chi connectivity index (χ4n) is 9.86. The van der Waals surface area contributed by atoms with Crippen LogP contribution in [0.2, 0.25) is 0 Å². The summed E-state index contributed by atoms with van der Waals surface area (Å²) in [5.41, 5.74) is 14.9. The van der Waals surface area contributed by atoms with Crippen LogP contribution in [0.5, 0.6) is 0 Å². The highest BCUT2D eigenvalue weighted by Gasteiger charge is 2.15. The Kier molecular flexibility index (Phi) is 10.3. The highest BCUT2D eigenvalue weighted by atomic mass is 14.8. The molecule has 0 aliphatic heterocycles. The number of aliphatic imine (C=N–C) groups is 1. The van der Waals surface area contributed by atoms with Crippen molar-refractivity contribution in [2.75, 3.05) is 0 Å². The normalized spacial score (nSPS) is 12.2. The summed E-state index contributed by atoms with van der Waals surface area (Å²) >= 11 is 0. The highest BCUT2D eigenvalue weighted by molar-refractivity contribution is 6.25. The molecule has 0 N–H and O–H groups in total. The fraction of sp³-hybridized carbons (Fsp3) is 0.0469. The summed E-state index contributed by atoms with van der Waals surface area (Å²) in [4.78, 5) is 5.43. The first-order valence-corrected chi connectivity index (χ1v) is 22.5. The Morgan fingerprint density at radius 3 is 1.58 bits per heavy atom. The van der Waals surface area contributed by atoms with Gasteiger partial charge in [-0.25, -0.2) is 4.99 Å². The molecule has 0 radical (unpaired) electrons. The number of allylic oxidation sites excluding steroid dienone is 2. The SMILES string of the molecule is C=C(N=C(/C=C(\C)c1cc2ccccc2c2ccccc12)c1cc2ccccc2c2ccccc12)c1ccc(-c2ccc(Cc3ccccc3-c3ccc4ccccc4c3C)cc2)cc1. The van der Waals surface area contributed by atoms with Crippen molar-refractivity contribution in [2.24, 2.45) is 4.99 Å². The minimum Gasteiger partial charge on any atom is -0.248 e. The predicted octanol–water partition coefficient (Wildman–Crippen LogP) is 17.2. The first-order chi connectivity index (χ1) is 32.0. The van der Waals surface area contributed by atoms with E-state index in [0.717, 1.165) is 39.8 Å². The number of aryl methyl sites for hydroxylation is 1. The molecule has 0 spiro atoms. The molecule has 11 rings (SSSR count). The molecule has 0 atom stereocenters. The van der Waals surface area contributed by atoms with Gasteiger partial charge in [0.2, 0.25) is 0 Å². The largest absolute Gasteiger partial charge is 0.248 e. The standard InChI is InChI=1S/C64H47N/c1-42(62-40-51-18-6-10-22-56(51)58-24-12-14-26-60(58)62)38-64(63-41-52-19-7-11-23-57(52)59-25-13-15-27-61(59)63)65-44(3)46-32-34-48(35-33-46)47-30-28-45(29-31-47)39-50-17-5-9-21-55(50)54-37-36-49-16-4-8-20-53(49)43(54)2/h4-38,40-41H,3,39H2,1-2H3/b42-38+,65-64?. The Morgan fingerprint density at radius 1 is 0.446 bits per heavy atom. The lowest BCUT2D eigenvalue weighted by atomic mass is 9.90. The van der Waals surface area contributed by atoms with E-state index in [-0.39, 0.29) is 0 Å². The van der Waals surface area contributed by atoms with Crippen molar-refractivity contribution in [3.63, 3.8) is 0 Å². The topological polar surface area (TPSA) is 12.4 Å². The fourth-order valence-corrected chi connectivity index (χ4v) is 9.86. The van der Waals surface area contributed by atoms with Gasteiger partial charge in [-0.2, -0.15) is 0 Å². The minimum absolute atomic E-state index is 0.715. The maximum atomic E-state index is 5.43. The van der Waals surface area contributed by atoms with Crippen molar-refractivity contribution in [2.45, 2.75) is 20.3 Å². The highest BCUT2D eigenvalue weighted by Crippen LogP contribution is 2.36. The van der Waals surface area contributed by atoms with Crippen LogP contribution < -0.4 is 0 Å². The van der Waals surface area contributed by atoms with Crippen LogP contribution in [-0.4, -0.2) is 5.71 Å². The first kappa shape index (κ1) is 39.7. The summed E-state index contributed by atoms with van der Waals surface area (Å²) in [5, 5.41) is 12.3. The molecule has 0 aromatic heterocycles. The molecular weight excluding hydrogens is 783 g/mol. The van der Waals surface area contributed by atoms with E-state index in [9.17, 15) is 0 Å². The number of nitrogens with zero attached hydrogens (tertiary/aromatic N) is 1. The zero-order valence-electron chi connectivity index (χ0n) is 36.7. The number of benzene rings is 11. The van der Waals surface area contributed by atoms with Gasteiger partial charge in [-0.3, -0.25) is 0 Å². The lowest BCUT2D eigenvalue weighted by molar-refractivity contribution is 1.19. The van der Waals surface area contributed by atoms with Crippen LogP contribution in [0.3, 0.4) is 0 Å². The Bertz CT molecular complexity index is 3700. The summed E-state index contributed by atoms with van der Waals surface area (Å²) in [7, 11) is 0. The first-order valence-electron chi connectivity index (χ1n) is 22.5. The minimum atomic E-state index is 0.715. The molecule has 0 aliphatic rings. The van der Waals surface area contributed by atoms with Crippen molar-refractivity contribution in [1.82, 2.24) is 0 Å². The molecule has 0 amide bonds. The van der Waals surface area contributed by atoms with E-state index in [2.05, 4.69) is 245 Å². The second-order valence-electron chi connectivity index (χ2n) is 17.2. The van der Waals surface area contributed by atoms with Gasteiger partial charge < -0.3 is 0 Å². The van der Waals surface area contributed by atoms with Gasteiger partial charge in [0.15, 0.2) is 0 Å². The van der Waals surface area contributed by atoms with Crippen LogP contribution in [0.1, 0.15) is 40.3 Å². The second kappa shape index (κ2) is 16.9. The van der Waals surface area contributed by atoms with Crippen LogP contribution in [0.15, 0.2) is 236 Å². The van der Waals surface area contributed by atoms with Gasteiger partial charge >= 0.3 is 0 Å². The molecule has 308 valence electrons. The Labute approximate surface area is 381 Å². The van der Waals surface area contributed by atoms with Crippen LogP contribution in [0, 0.1) is 6.92 Å².